The van der Waals surface area contributed by atoms with Crippen molar-refractivity contribution in [1.29, 1.82) is 0 Å². The highest BCUT2D eigenvalue weighted by atomic mass is 19.2. The molecule has 0 spiro atoms. The second-order valence-corrected chi connectivity index (χ2v) is 5.45. The van der Waals surface area contributed by atoms with Crippen LogP contribution in [0.3, 0.4) is 0 Å². The molecular formula is C16H23F2NO. The Kier molecular flexibility index (Phi) is 5.92. The maximum atomic E-state index is 13.8. The predicted molar refractivity (Wildman–Crippen MR) is 75.7 cm³/mol. The molecule has 0 saturated carbocycles. The van der Waals surface area contributed by atoms with E-state index < -0.39 is 11.6 Å². The Bertz CT molecular complexity index is 419. The molecule has 2 atom stereocenters. The van der Waals surface area contributed by atoms with Gasteiger partial charge in [0.15, 0.2) is 11.6 Å². The lowest BCUT2D eigenvalue weighted by atomic mass is 9.89. The molecule has 0 amide bonds. The van der Waals surface area contributed by atoms with Crippen LogP contribution >= 0.6 is 0 Å². The summed E-state index contributed by atoms with van der Waals surface area (Å²) in [5.74, 6) is -1.11. The molecule has 2 unspecified atom stereocenters. The summed E-state index contributed by atoms with van der Waals surface area (Å²) in [6.07, 6.45) is 3.66. The van der Waals surface area contributed by atoms with Gasteiger partial charge in [-0.05, 0) is 49.8 Å². The van der Waals surface area contributed by atoms with Gasteiger partial charge >= 0.3 is 0 Å². The van der Waals surface area contributed by atoms with E-state index in [0.29, 0.717) is 24.5 Å². The fourth-order valence-electron chi connectivity index (χ4n) is 2.76. The largest absolute Gasteiger partial charge is 0.381 e. The number of hydrogen-bond acceptors (Lipinski definition) is 2. The monoisotopic (exact) mass is 283 g/mol. The first kappa shape index (κ1) is 15.4. The van der Waals surface area contributed by atoms with Crippen LogP contribution in [0.25, 0.3) is 0 Å². The molecule has 2 nitrogen and oxygen atoms in total. The molecule has 20 heavy (non-hydrogen) atoms. The third kappa shape index (κ3) is 4.00. The molecule has 2 rings (SSSR count). The number of halogens is 2. The first-order valence-electron chi connectivity index (χ1n) is 7.46. The standard InChI is InChI=1S/C16H23F2NO/c1-2-8-19-15(13-6-4-9-20-11-13)10-12-5-3-7-14(17)16(12)18/h3,5,7,13,15,19H,2,4,6,8-11H2,1H3. The molecular weight excluding hydrogens is 260 g/mol. The van der Waals surface area contributed by atoms with Gasteiger partial charge < -0.3 is 10.1 Å². The van der Waals surface area contributed by atoms with Crippen molar-refractivity contribution < 1.29 is 13.5 Å². The summed E-state index contributed by atoms with van der Waals surface area (Å²) in [7, 11) is 0. The maximum absolute atomic E-state index is 13.8. The van der Waals surface area contributed by atoms with Crippen LogP contribution in [-0.2, 0) is 11.2 Å². The molecule has 1 aliphatic rings. The Morgan fingerprint density at radius 2 is 2.25 bits per heavy atom. The average molecular weight is 283 g/mol. The molecule has 1 saturated heterocycles. The van der Waals surface area contributed by atoms with Gasteiger partial charge in [0.1, 0.15) is 0 Å². The van der Waals surface area contributed by atoms with E-state index in [4.69, 9.17) is 4.74 Å². The van der Waals surface area contributed by atoms with E-state index in [1.165, 1.54) is 0 Å². The van der Waals surface area contributed by atoms with Crippen LogP contribution in [0.2, 0.25) is 0 Å². The van der Waals surface area contributed by atoms with Crippen molar-refractivity contribution in [2.75, 3.05) is 19.8 Å². The zero-order valence-electron chi connectivity index (χ0n) is 12.0. The predicted octanol–water partition coefficient (Wildman–Crippen LogP) is 3.30. The number of benzene rings is 1. The zero-order valence-corrected chi connectivity index (χ0v) is 12.0. The number of rotatable bonds is 6. The van der Waals surface area contributed by atoms with Crippen molar-refractivity contribution in [2.24, 2.45) is 5.92 Å². The smallest absolute Gasteiger partial charge is 0.162 e. The van der Waals surface area contributed by atoms with E-state index in [0.717, 1.165) is 38.5 Å². The summed E-state index contributed by atoms with van der Waals surface area (Å²) in [6, 6.07) is 4.55. The minimum absolute atomic E-state index is 0.145. The normalized spacial score (nSPS) is 20.9. The van der Waals surface area contributed by atoms with Gasteiger partial charge in [0.25, 0.3) is 0 Å². The molecule has 1 N–H and O–H groups in total. The second-order valence-electron chi connectivity index (χ2n) is 5.45. The van der Waals surface area contributed by atoms with Gasteiger partial charge in [-0.2, -0.15) is 0 Å². The lowest BCUT2D eigenvalue weighted by Crippen LogP contribution is -2.42. The number of ether oxygens (including phenoxy) is 1. The van der Waals surface area contributed by atoms with Gasteiger partial charge in [0, 0.05) is 12.6 Å². The first-order valence-corrected chi connectivity index (χ1v) is 7.46. The quantitative estimate of drug-likeness (QED) is 0.865. The van der Waals surface area contributed by atoms with E-state index in [2.05, 4.69) is 12.2 Å². The molecule has 0 aliphatic carbocycles. The lowest BCUT2D eigenvalue weighted by molar-refractivity contribution is 0.0392. The third-order valence-corrected chi connectivity index (χ3v) is 3.89. The van der Waals surface area contributed by atoms with Crippen molar-refractivity contribution in [3.63, 3.8) is 0 Å². The van der Waals surface area contributed by atoms with Crippen LogP contribution in [0.1, 0.15) is 31.7 Å². The Hall–Kier alpha value is -1.00. The highest BCUT2D eigenvalue weighted by Gasteiger charge is 2.25. The second kappa shape index (κ2) is 7.70. The Morgan fingerprint density at radius 1 is 1.40 bits per heavy atom. The summed E-state index contributed by atoms with van der Waals surface area (Å²) in [4.78, 5) is 0. The van der Waals surface area contributed by atoms with Gasteiger partial charge in [0.2, 0.25) is 0 Å². The summed E-state index contributed by atoms with van der Waals surface area (Å²) in [5, 5.41) is 3.47. The van der Waals surface area contributed by atoms with Crippen molar-refractivity contribution >= 4 is 0 Å². The number of hydrogen-bond donors (Lipinski definition) is 1. The van der Waals surface area contributed by atoms with Crippen molar-refractivity contribution in [3.8, 4) is 0 Å². The van der Waals surface area contributed by atoms with Crippen molar-refractivity contribution in [3.05, 3.63) is 35.4 Å². The zero-order chi connectivity index (χ0) is 14.4. The molecule has 112 valence electrons. The molecule has 0 radical (unpaired) electrons. The van der Waals surface area contributed by atoms with E-state index >= 15 is 0 Å². The maximum Gasteiger partial charge on any atom is 0.162 e. The Morgan fingerprint density at radius 3 is 2.95 bits per heavy atom. The summed E-state index contributed by atoms with van der Waals surface area (Å²) >= 11 is 0. The Labute approximate surface area is 119 Å². The topological polar surface area (TPSA) is 21.3 Å². The molecule has 1 heterocycles. The average Bonchev–Trinajstić information content (AvgIpc) is 2.48. The SMILES string of the molecule is CCCNC(Cc1cccc(F)c1F)C1CCCOC1. The van der Waals surface area contributed by atoms with Gasteiger partial charge in [-0.25, -0.2) is 8.78 Å². The van der Waals surface area contributed by atoms with Gasteiger partial charge in [-0.15, -0.1) is 0 Å². The minimum atomic E-state index is -0.767. The van der Waals surface area contributed by atoms with Crippen LogP contribution in [0.5, 0.6) is 0 Å². The van der Waals surface area contributed by atoms with Crippen LogP contribution in [-0.4, -0.2) is 25.8 Å². The number of nitrogens with one attached hydrogen (secondary N) is 1. The molecule has 0 aromatic heterocycles. The van der Waals surface area contributed by atoms with Gasteiger partial charge in [-0.3, -0.25) is 0 Å². The van der Waals surface area contributed by atoms with Crippen LogP contribution in [0.15, 0.2) is 18.2 Å². The van der Waals surface area contributed by atoms with E-state index in [9.17, 15) is 8.78 Å². The highest BCUT2D eigenvalue weighted by molar-refractivity contribution is 5.20. The summed E-state index contributed by atoms with van der Waals surface area (Å²) < 4.78 is 32.6. The van der Waals surface area contributed by atoms with Crippen LogP contribution in [0.4, 0.5) is 8.78 Å². The highest BCUT2D eigenvalue weighted by Crippen LogP contribution is 2.22. The molecule has 1 fully saturated rings. The van der Waals surface area contributed by atoms with E-state index in [1.807, 2.05) is 0 Å². The summed E-state index contributed by atoms with van der Waals surface area (Å²) in [6.45, 7) is 4.51. The molecule has 1 aromatic carbocycles. The fraction of sp³-hybridized carbons (Fsp3) is 0.625. The van der Waals surface area contributed by atoms with E-state index in [1.54, 1.807) is 12.1 Å². The molecule has 4 heteroatoms. The van der Waals surface area contributed by atoms with Crippen molar-refractivity contribution in [2.45, 2.75) is 38.6 Å². The van der Waals surface area contributed by atoms with Crippen LogP contribution in [0, 0.1) is 17.6 Å². The molecule has 1 aliphatic heterocycles. The summed E-state index contributed by atoms with van der Waals surface area (Å²) in [5.41, 5.74) is 0.448. The molecule has 1 aromatic rings. The fourth-order valence-corrected chi connectivity index (χ4v) is 2.76. The van der Waals surface area contributed by atoms with E-state index in [-0.39, 0.29) is 6.04 Å². The lowest BCUT2D eigenvalue weighted by Gasteiger charge is -2.31. The molecule has 0 bridgehead atoms. The van der Waals surface area contributed by atoms with Crippen LogP contribution < -0.4 is 5.32 Å². The third-order valence-electron chi connectivity index (χ3n) is 3.89. The minimum Gasteiger partial charge on any atom is -0.381 e. The Balaban J connectivity index is 2.07. The van der Waals surface area contributed by atoms with Gasteiger partial charge in [0.05, 0.1) is 6.61 Å². The van der Waals surface area contributed by atoms with Gasteiger partial charge in [-0.1, -0.05) is 19.1 Å². The first-order chi connectivity index (χ1) is 9.72. The van der Waals surface area contributed by atoms with Crippen molar-refractivity contribution in [1.82, 2.24) is 5.32 Å².